The van der Waals surface area contributed by atoms with Crippen molar-refractivity contribution >= 4 is 21.6 Å². The van der Waals surface area contributed by atoms with Crippen LogP contribution in [0.1, 0.15) is 0 Å². The van der Waals surface area contributed by atoms with Gasteiger partial charge >= 0.3 is 0 Å². The lowest BCUT2D eigenvalue weighted by atomic mass is 10.1. The van der Waals surface area contributed by atoms with Crippen LogP contribution in [0.15, 0.2) is 35.2 Å². The topological polar surface area (TPSA) is 35.5 Å². The molecule has 1 unspecified atom stereocenters. The third-order valence-corrected chi connectivity index (χ3v) is 3.58. The molecule has 2 aromatic rings. The summed E-state index contributed by atoms with van der Waals surface area (Å²) in [4.78, 5) is 0.656. The Morgan fingerprint density at radius 1 is 1.06 bits per heavy atom. The van der Waals surface area contributed by atoms with Crippen LogP contribution in [0.2, 0.25) is 0 Å². The Morgan fingerprint density at radius 2 is 1.71 bits per heavy atom. The van der Waals surface area contributed by atoms with Crippen LogP contribution >= 0.6 is 0 Å². The summed E-state index contributed by atoms with van der Waals surface area (Å²) in [6.45, 7) is 0. The fourth-order valence-corrected chi connectivity index (χ4v) is 2.61. The molecule has 4 heteroatoms. The molecule has 0 amide bonds. The lowest BCUT2D eigenvalue weighted by Crippen LogP contribution is -1.97. The number of benzene rings is 2. The van der Waals surface area contributed by atoms with E-state index in [9.17, 15) is 4.21 Å². The summed E-state index contributed by atoms with van der Waals surface area (Å²) in [6.07, 6.45) is 1.63. The predicted molar refractivity (Wildman–Crippen MR) is 69.4 cm³/mol. The van der Waals surface area contributed by atoms with Crippen molar-refractivity contribution < 1.29 is 13.7 Å². The SMILES string of the molecule is COc1cc(S(C)=O)c(OC)c2ccccc12. The van der Waals surface area contributed by atoms with Crippen LogP contribution in [-0.4, -0.2) is 24.7 Å². The smallest absolute Gasteiger partial charge is 0.143 e. The Bertz CT molecular complexity index is 578. The van der Waals surface area contributed by atoms with Crippen molar-refractivity contribution in [3.63, 3.8) is 0 Å². The third-order valence-electron chi connectivity index (χ3n) is 2.66. The molecule has 0 aliphatic rings. The molecule has 0 aliphatic heterocycles. The first kappa shape index (κ1) is 11.9. The lowest BCUT2D eigenvalue weighted by molar-refractivity contribution is 0.401. The van der Waals surface area contributed by atoms with E-state index in [4.69, 9.17) is 9.47 Å². The van der Waals surface area contributed by atoms with E-state index in [0.717, 1.165) is 10.8 Å². The number of fused-ring (bicyclic) bond motifs is 1. The van der Waals surface area contributed by atoms with E-state index in [1.165, 1.54) is 0 Å². The summed E-state index contributed by atoms with van der Waals surface area (Å²) in [5, 5.41) is 1.88. The Balaban J connectivity index is 2.89. The molecule has 0 saturated heterocycles. The Hall–Kier alpha value is -1.55. The summed E-state index contributed by atoms with van der Waals surface area (Å²) in [6, 6.07) is 9.53. The van der Waals surface area contributed by atoms with Crippen molar-refractivity contribution in [2.45, 2.75) is 4.90 Å². The molecule has 3 nitrogen and oxygen atoms in total. The first-order valence-electron chi connectivity index (χ1n) is 5.16. The highest BCUT2D eigenvalue weighted by Gasteiger charge is 2.15. The first-order valence-corrected chi connectivity index (χ1v) is 6.72. The van der Waals surface area contributed by atoms with Gasteiger partial charge in [-0.05, 0) is 0 Å². The largest absolute Gasteiger partial charge is 0.496 e. The number of hydrogen-bond donors (Lipinski definition) is 0. The van der Waals surface area contributed by atoms with Gasteiger partial charge in [0.2, 0.25) is 0 Å². The van der Waals surface area contributed by atoms with E-state index in [1.807, 2.05) is 24.3 Å². The second-order valence-electron chi connectivity index (χ2n) is 3.61. The standard InChI is InChI=1S/C13H14O3S/c1-15-11-8-12(17(3)14)13(16-2)10-7-5-4-6-9(10)11/h4-8H,1-3H3. The van der Waals surface area contributed by atoms with Gasteiger partial charge < -0.3 is 9.47 Å². The molecule has 0 heterocycles. The van der Waals surface area contributed by atoms with Gasteiger partial charge in [0, 0.05) is 23.1 Å². The summed E-state index contributed by atoms with van der Waals surface area (Å²) in [7, 11) is 2.08. The molecule has 90 valence electrons. The average molecular weight is 250 g/mol. The van der Waals surface area contributed by atoms with Gasteiger partial charge in [0.25, 0.3) is 0 Å². The monoisotopic (exact) mass is 250 g/mol. The zero-order valence-corrected chi connectivity index (χ0v) is 10.8. The molecule has 0 N–H and O–H groups in total. The summed E-state index contributed by atoms with van der Waals surface area (Å²) in [5.41, 5.74) is 0. The highest BCUT2D eigenvalue weighted by molar-refractivity contribution is 7.84. The zero-order valence-electron chi connectivity index (χ0n) is 10.0. The average Bonchev–Trinajstić information content (AvgIpc) is 2.36. The molecule has 0 aromatic heterocycles. The van der Waals surface area contributed by atoms with Gasteiger partial charge in [0.05, 0.1) is 29.9 Å². The van der Waals surface area contributed by atoms with Gasteiger partial charge in [0.15, 0.2) is 0 Å². The van der Waals surface area contributed by atoms with E-state index < -0.39 is 10.8 Å². The highest BCUT2D eigenvalue weighted by atomic mass is 32.2. The maximum absolute atomic E-state index is 11.7. The first-order chi connectivity index (χ1) is 8.19. The van der Waals surface area contributed by atoms with Crippen molar-refractivity contribution in [3.8, 4) is 11.5 Å². The van der Waals surface area contributed by atoms with Gasteiger partial charge in [-0.15, -0.1) is 0 Å². The van der Waals surface area contributed by atoms with E-state index in [-0.39, 0.29) is 0 Å². The third kappa shape index (κ3) is 2.00. The van der Waals surface area contributed by atoms with Gasteiger partial charge in [0.1, 0.15) is 11.5 Å². The molecular weight excluding hydrogens is 236 g/mol. The summed E-state index contributed by atoms with van der Waals surface area (Å²) in [5.74, 6) is 1.37. The van der Waals surface area contributed by atoms with Crippen molar-refractivity contribution in [1.29, 1.82) is 0 Å². The molecule has 1 atom stereocenters. The second-order valence-corrected chi connectivity index (χ2v) is 4.96. The van der Waals surface area contributed by atoms with E-state index in [1.54, 1.807) is 26.5 Å². The lowest BCUT2D eigenvalue weighted by Gasteiger charge is -2.13. The minimum absolute atomic E-state index is 0.655. The molecule has 2 rings (SSSR count). The number of hydrogen-bond acceptors (Lipinski definition) is 3. The number of rotatable bonds is 3. The number of ether oxygens (including phenoxy) is 2. The summed E-state index contributed by atoms with van der Waals surface area (Å²) >= 11 is 0. The fourth-order valence-electron chi connectivity index (χ4n) is 1.88. The van der Waals surface area contributed by atoms with Crippen LogP contribution < -0.4 is 9.47 Å². The molecule has 0 spiro atoms. The van der Waals surface area contributed by atoms with Crippen LogP contribution in [0.5, 0.6) is 11.5 Å². The Labute approximate surface area is 103 Å². The maximum atomic E-state index is 11.7. The minimum Gasteiger partial charge on any atom is -0.496 e. The molecule has 0 fully saturated rings. The predicted octanol–water partition coefficient (Wildman–Crippen LogP) is 2.59. The van der Waals surface area contributed by atoms with Crippen LogP contribution in [0.4, 0.5) is 0 Å². The van der Waals surface area contributed by atoms with Gasteiger partial charge in [-0.2, -0.15) is 0 Å². The van der Waals surface area contributed by atoms with E-state index in [2.05, 4.69) is 0 Å². The minimum atomic E-state index is -1.11. The number of methoxy groups -OCH3 is 2. The van der Waals surface area contributed by atoms with Crippen molar-refractivity contribution in [2.75, 3.05) is 20.5 Å². The van der Waals surface area contributed by atoms with Crippen molar-refractivity contribution in [3.05, 3.63) is 30.3 Å². The second kappa shape index (κ2) is 4.75. The zero-order chi connectivity index (χ0) is 12.4. The normalized spacial score (nSPS) is 12.4. The fraction of sp³-hybridized carbons (Fsp3) is 0.231. The maximum Gasteiger partial charge on any atom is 0.143 e. The van der Waals surface area contributed by atoms with Crippen LogP contribution in [0.3, 0.4) is 0 Å². The van der Waals surface area contributed by atoms with E-state index >= 15 is 0 Å². The van der Waals surface area contributed by atoms with Gasteiger partial charge in [-0.25, -0.2) is 0 Å². The van der Waals surface area contributed by atoms with E-state index in [0.29, 0.717) is 16.4 Å². The van der Waals surface area contributed by atoms with Crippen LogP contribution in [-0.2, 0) is 10.8 Å². The Kier molecular flexibility index (Phi) is 3.33. The Morgan fingerprint density at radius 3 is 2.24 bits per heavy atom. The molecular formula is C13H14O3S. The summed E-state index contributed by atoms with van der Waals surface area (Å²) < 4.78 is 22.4. The van der Waals surface area contributed by atoms with Gasteiger partial charge in [-0.3, -0.25) is 4.21 Å². The molecule has 0 radical (unpaired) electrons. The molecule has 0 bridgehead atoms. The quantitative estimate of drug-likeness (QED) is 0.840. The van der Waals surface area contributed by atoms with Crippen LogP contribution in [0.25, 0.3) is 10.8 Å². The van der Waals surface area contributed by atoms with Crippen molar-refractivity contribution in [2.24, 2.45) is 0 Å². The molecule has 2 aromatic carbocycles. The molecule has 0 saturated carbocycles. The molecule has 17 heavy (non-hydrogen) atoms. The van der Waals surface area contributed by atoms with Crippen molar-refractivity contribution in [1.82, 2.24) is 0 Å². The highest BCUT2D eigenvalue weighted by Crippen LogP contribution is 2.37. The van der Waals surface area contributed by atoms with Crippen LogP contribution in [0, 0.1) is 0 Å². The van der Waals surface area contributed by atoms with Gasteiger partial charge in [-0.1, -0.05) is 24.3 Å². The molecule has 0 aliphatic carbocycles.